The van der Waals surface area contributed by atoms with Crippen molar-refractivity contribution in [3.05, 3.63) is 66.6 Å². The Bertz CT molecular complexity index is 735. The van der Waals surface area contributed by atoms with Crippen LogP contribution in [0.4, 0.5) is 0 Å². The number of hydrogen-bond donors (Lipinski definition) is 1. The van der Waals surface area contributed by atoms with Crippen LogP contribution in [0.2, 0.25) is 0 Å². The number of amides is 1. The number of rotatable bonds is 7. The van der Waals surface area contributed by atoms with E-state index in [1.54, 1.807) is 18.0 Å². The van der Waals surface area contributed by atoms with E-state index in [-0.39, 0.29) is 5.91 Å². The third-order valence-corrected chi connectivity index (χ3v) is 4.24. The quantitative estimate of drug-likeness (QED) is 0.656. The summed E-state index contributed by atoms with van der Waals surface area (Å²) in [5.74, 6) is 2.83. The van der Waals surface area contributed by atoms with Crippen molar-refractivity contribution in [1.82, 2.24) is 5.32 Å². The van der Waals surface area contributed by atoms with Crippen LogP contribution < -0.4 is 5.32 Å². The first kappa shape index (κ1) is 15.5. The van der Waals surface area contributed by atoms with Crippen molar-refractivity contribution >= 4 is 17.7 Å². The standard InChI is InChI=1S/C18H17NO3S/c20-18(10-12-23-15-5-2-1-3-6-15)19-13-14-8-9-17(22-14)16-7-4-11-21-16/h1-9,11H,10,12-13H2,(H,19,20). The van der Waals surface area contributed by atoms with Gasteiger partial charge in [-0.25, -0.2) is 0 Å². The van der Waals surface area contributed by atoms with Crippen molar-refractivity contribution in [2.75, 3.05) is 5.75 Å². The van der Waals surface area contributed by atoms with E-state index in [1.165, 1.54) is 4.90 Å². The molecule has 0 atom stereocenters. The van der Waals surface area contributed by atoms with Gasteiger partial charge in [-0.15, -0.1) is 11.8 Å². The minimum absolute atomic E-state index is 0.0179. The second kappa shape index (κ2) is 7.74. The van der Waals surface area contributed by atoms with Crippen LogP contribution >= 0.6 is 11.8 Å². The van der Waals surface area contributed by atoms with Crippen LogP contribution in [0.1, 0.15) is 12.2 Å². The molecule has 118 valence electrons. The molecule has 0 radical (unpaired) electrons. The molecule has 1 amide bonds. The Balaban J connectivity index is 1.41. The van der Waals surface area contributed by atoms with E-state index in [1.807, 2.05) is 54.6 Å². The Morgan fingerprint density at radius 2 is 1.87 bits per heavy atom. The smallest absolute Gasteiger partial charge is 0.221 e. The molecule has 2 heterocycles. The average molecular weight is 327 g/mol. The van der Waals surface area contributed by atoms with Crippen LogP contribution in [0.15, 0.2) is 74.6 Å². The highest BCUT2D eigenvalue weighted by Crippen LogP contribution is 2.22. The number of nitrogens with one attached hydrogen (secondary N) is 1. The van der Waals surface area contributed by atoms with Crippen LogP contribution in [-0.4, -0.2) is 11.7 Å². The molecular formula is C18H17NO3S. The average Bonchev–Trinajstić information content (AvgIpc) is 3.25. The minimum Gasteiger partial charge on any atom is -0.461 e. The first-order chi connectivity index (χ1) is 11.3. The molecule has 0 aliphatic carbocycles. The maximum atomic E-state index is 11.9. The molecule has 3 aromatic rings. The van der Waals surface area contributed by atoms with Gasteiger partial charge in [0.05, 0.1) is 12.8 Å². The SMILES string of the molecule is O=C(CCSc1ccccc1)NCc1ccc(-c2ccco2)o1. The molecule has 0 aliphatic heterocycles. The molecule has 23 heavy (non-hydrogen) atoms. The van der Waals surface area contributed by atoms with Gasteiger partial charge in [0.1, 0.15) is 5.76 Å². The van der Waals surface area contributed by atoms with Crippen LogP contribution in [0.5, 0.6) is 0 Å². The molecule has 1 N–H and O–H groups in total. The first-order valence-electron chi connectivity index (χ1n) is 7.38. The summed E-state index contributed by atoms with van der Waals surface area (Å²) in [4.78, 5) is 13.0. The summed E-state index contributed by atoms with van der Waals surface area (Å²) in [6.07, 6.45) is 2.08. The molecule has 3 rings (SSSR count). The highest BCUT2D eigenvalue weighted by atomic mass is 32.2. The van der Waals surface area contributed by atoms with Crippen molar-refractivity contribution < 1.29 is 13.6 Å². The molecule has 1 aromatic carbocycles. The topological polar surface area (TPSA) is 55.4 Å². The molecule has 2 aromatic heterocycles. The zero-order valence-electron chi connectivity index (χ0n) is 12.5. The summed E-state index contributed by atoms with van der Waals surface area (Å²) in [5, 5.41) is 2.87. The number of furan rings is 2. The Morgan fingerprint density at radius 1 is 1.00 bits per heavy atom. The molecule has 4 nitrogen and oxygen atoms in total. The van der Waals surface area contributed by atoms with Gasteiger partial charge >= 0.3 is 0 Å². The zero-order chi connectivity index (χ0) is 15.9. The van der Waals surface area contributed by atoms with Crippen LogP contribution in [-0.2, 0) is 11.3 Å². The monoisotopic (exact) mass is 327 g/mol. The van der Waals surface area contributed by atoms with E-state index < -0.39 is 0 Å². The Kier molecular flexibility index (Phi) is 5.21. The number of hydrogen-bond acceptors (Lipinski definition) is 4. The lowest BCUT2D eigenvalue weighted by molar-refractivity contribution is -0.120. The summed E-state index contributed by atoms with van der Waals surface area (Å²) in [6, 6.07) is 17.4. The zero-order valence-corrected chi connectivity index (χ0v) is 13.3. The van der Waals surface area contributed by atoms with Gasteiger partial charge in [0.25, 0.3) is 0 Å². The number of benzene rings is 1. The third kappa shape index (κ3) is 4.53. The molecule has 5 heteroatoms. The largest absolute Gasteiger partial charge is 0.461 e. The Morgan fingerprint density at radius 3 is 2.65 bits per heavy atom. The second-order valence-electron chi connectivity index (χ2n) is 4.93. The lowest BCUT2D eigenvalue weighted by atomic mass is 10.3. The van der Waals surface area contributed by atoms with Gasteiger partial charge < -0.3 is 14.2 Å². The van der Waals surface area contributed by atoms with Gasteiger partial charge in [0.15, 0.2) is 11.5 Å². The molecular weight excluding hydrogens is 310 g/mol. The van der Waals surface area contributed by atoms with E-state index in [4.69, 9.17) is 8.83 Å². The summed E-state index contributed by atoms with van der Waals surface area (Å²) < 4.78 is 10.9. The fourth-order valence-corrected chi connectivity index (χ4v) is 2.95. The van der Waals surface area contributed by atoms with Gasteiger partial charge in [0.2, 0.25) is 5.91 Å². The molecule has 0 fully saturated rings. The van der Waals surface area contributed by atoms with Gasteiger partial charge in [-0.05, 0) is 36.4 Å². The molecule has 0 saturated carbocycles. The number of carbonyl (C=O) groups excluding carboxylic acids is 1. The van der Waals surface area contributed by atoms with Crippen LogP contribution in [0.3, 0.4) is 0 Å². The van der Waals surface area contributed by atoms with E-state index in [2.05, 4.69) is 5.32 Å². The van der Waals surface area contributed by atoms with Crippen molar-refractivity contribution in [2.45, 2.75) is 17.9 Å². The fraction of sp³-hybridized carbons (Fsp3) is 0.167. The van der Waals surface area contributed by atoms with Crippen molar-refractivity contribution in [2.24, 2.45) is 0 Å². The minimum atomic E-state index is 0.0179. The highest BCUT2D eigenvalue weighted by molar-refractivity contribution is 7.99. The maximum Gasteiger partial charge on any atom is 0.221 e. The lowest BCUT2D eigenvalue weighted by Gasteiger charge is -2.03. The predicted molar refractivity (Wildman–Crippen MR) is 90.0 cm³/mol. The summed E-state index contributed by atoms with van der Waals surface area (Å²) in [6.45, 7) is 0.384. The fourth-order valence-electron chi connectivity index (χ4n) is 2.08. The normalized spacial score (nSPS) is 10.6. The summed E-state index contributed by atoms with van der Waals surface area (Å²) in [5.41, 5.74) is 0. The molecule has 0 bridgehead atoms. The summed E-state index contributed by atoms with van der Waals surface area (Å²) in [7, 11) is 0. The van der Waals surface area contributed by atoms with E-state index in [0.717, 1.165) is 5.75 Å². The Labute approximate surface area is 138 Å². The maximum absolute atomic E-state index is 11.9. The third-order valence-electron chi connectivity index (χ3n) is 3.23. The predicted octanol–water partition coefficient (Wildman–Crippen LogP) is 4.34. The molecule has 0 spiro atoms. The number of carbonyl (C=O) groups is 1. The van der Waals surface area contributed by atoms with E-state index in [9.17, 15) is 4.79 Å². The van der Waals surface area contributed by atoms with Crippen LogP contribution in [0.25, 0.3) is 11.5 Å². The number of thioether (sulfide) groups is 1. The Hall–Kier alpha value is -2.40. The molecule has 0 unspecified atom stereocenters. The van der Waals surface area contributed by atoms with Crippen molar-refractivity contribution in [3.8, 4) is 11.5 Å². The highest BCUT2D eigenvalue weighted by Gasteiger charge is 2.08. The lowest BCUT2D eigenvalue weighted by Crippen LogP contribution is -2.22. The van der Waals surface area contributed by atoms with Crippen molar-refractivity contribution in [3.63, 3.8) is 0 Å². The first-order valence-corrected chi connectivity index (χ1v) is 8.37. The van der Waals surface area contributed by atoms with Gasteiger partial charge in [-0.3, -0.25) is 4.79 Å². The van der Waals surface area contributed by atoms with Gasteiger partial charge in [-0.1, -0.05) is 18.2 Å². The molecule has 0 saturated heterocycles. The van der Waals surface area contributed by atoms with Gasteiger partial charge in [-0.2, -0.15) is 0 Å². The second-order valence-corrected chi connectivity index (χ2v) is 6.10. The molecule has 0 aliphatic rings. The van der Waals surface area contributed by atoms with E-state index in [0.29, 0.717) is 30.2 Å². The van der Waals surface area contributed by atoms with Gasteiger partial charge in [0, 0.05) is 17.1 Å². The van der Waals surface area contributed by atoms with Crippen LogP contribution in [0, 0.1) is 0 Å². The van der Waals surface area contributed by atoms with E-state index >= 15 is 0 Å². The van der Waals surface area contributed by atoms with Crippen molar-refractivity contribution in [1.29, 1.82) is 0 Å². The summed E-state index contributed by atoms with van der Waals surface area (Å²) >= 11 is 1.68.